The highest BCUT2D eigenvalue weighted by atomic mass is 16.6. The second-order valence-corrected chi connectivity index (χ2v) is 13.3. The van der Waals surface area contributed by atoms with Crippen molar-refractivity contribution < 1.29 is 48.7 Å². The van der Waals surface area contributed by atoms with Crippen molar-refractivity contribution in [3.63, 3.8) is 0 Å². The molecule has 3 N–H and O–H groups in total. The van der Waals surface area contributed by atoms with Crippen LogP contribution in [0.4, 0.5) is 0 Å². The van der Waals surface area contributed by atoms with Gasteiger partial charge in [-0.15, -0.1) is 0 Å². The van der Waals surface area contributed by atoms with Crippen LogP contribution in [0, 0.1) is 34.0 Å². The lowest BCUT2D eigenvalue weighted by molar-refractivity contribution is -0.182. The van der Waals surface area contributed by atoms with Gasteiger partial charge in [-0.1, -0.05) is 6.92 Å². The van der Waals surface area contributed by atoms with Crippen LogP contribution in [0.5, 0.6) is 0 Å². The molecule has 10 nitrogen and oxygen atoms in total. The van der Waals surface area contributed by atoms with Gasteiger partial charge in [0, 0.05) is 5.92 Å². The zero-order chi connectivity index (χ0) is 29.3. The lowest BCUT2D eigenvalue weighted by Crippen LogP contribution is -2.47. The van der Waals surface area contributed by atoms with E-state index < -0.39 is 64.5 Å². The van der Waals surface area contributed by atoms with Crippen LogP contribution in [0.25, 0.3) is 0 Å². The van der Waals surface area contributed by atoms with E-state index in [1.807, 2.05) is 0 Å². The number of carboxylic acid groups (broad SMARTS) is 1. The summed E-state index contributed by atoms with van der Waals surface area (Å²) in [6.45, 7) is 12.7. The van der Waals surface area contributed by atoms with E-state index in [0.29, 0.717) is 12.8 Å². The lowest BCUT2D eigenvalue weighted by Gasteiger charge is -2.40. The fraction of sp³-hybridized carbons (Fsp3) is 0.857. The standard InChI is InChI=1S/C28H46O10/c1-9-27(7,22(32)33)15-28(8,24(35)36-11-10-29)14-26(5,6)23(34)37-20-17-12-16(19(20)30)13-18(17)21(31)38-25(2,3)4/h16-20,29-30H,9-15H2,1-8H3,(H,32,33). The quantitative estimate of drug-likeness (QED) is 0.247. The van der Waals surface area contributed by atoms with E-state index in [-0.39, 0.29) is 43.7 Å². The summed E-state index contributed by atoms with van der Waals surface area (Å²) in [5, 5.41) is 29.8. The maximum atomic E-state index is 13.5. The Kier molecular flexibility index (Phi) is 9.69. The molecule has 2 fully saturated rings. The highest BCUT2D eigenvalue weighted by molar-refractivity contribution is 5.82. The van der Waals surface area contributed by atoms with Crippen molar-refractivity contribution >= 4 is 23.9 Å². The van der Waals surface area contributed by atoms with Crippen molar-refractivity contribution in [3.8, 4) is 0 Å². The molecule has 0 radical (unpaired) electrons. The fourth-order valence-electron chi connectivity index (χ4n) is 6.14. The smallest absolute Gasteiger partial charge is 0.311 e. The topological polar surface area (TPSA) is 157 Å². The highest BCUT2D eigenvalue weighted by Crippen LogP contribution is 2.52. The van der Waals surface area contributed by atoms with Crippen molar-refractivity contribution in [2.24, 2.45) is 34.0 Å². The number of carbonyl (C=O) groups is 4. The van der Waals surface area contributed by atoms with Gasteiger partial charge < -0.3 is 29.5 Å². The van der Waals surface area contributed by atoms with Crippen molar-refractivity contribution in [2.45, 2.75) is 105 Å². The first-order valence-corrected chi connectivity index (χ1v) is 13.4. The van der Waals surface area contributed by atoms with E-state index in [1.165, 1.54) is 0 Å². The highest BCUT2D eigenvalue weighted by Gasteiger charge is 2.58. The Morgan fingerprint density at radius 2 is 1.50 bits per heavy atom. The minimum atomic E-state index is -1.38. The summed E-state index contributed by atoms with van der Waals surface area (Å²) in [5.41, 5.74) is -4.56. The van der Waals surface area contributed by atoms with E-state index in [9.17, 15) is 29.4 Å². The van der Waals surface area contributed by atoms with Crippen LogP contribution >= 0.6 is 0 Å². The Labute approximate surface area is 225 Å². The molecular formula is C28H46O10. The molecule has 2 aliphatic carbocycles. The van der Waals surface area contributed by atoms with Gasteiger partial charge in [0.2, 0.25) is 0 Å². The van der Waals surface area contributed by atoms with Gasteiger partial charge in [0.05, 0.1) is 34.9 Å². The maximum Gasteiger partial charge on any atom is 0.311 e. The van der Waals surface area contributed by atoms with E-state index in [0.717, 1.165) is 0 Å². The molecule has 10 heteroatoms. The van der Waals surface area contributed by atoms with Crippen LogP contribution in [0.2, 0.25) is 0 Å². The minimum Gasteiger partial charge on any atom is -0.481 e. The third-order valence-electron chi connectivity index (χ3n) is 8.12. The van der Waals surface area contributed by atoms with Crippen LogP contribution in [0.1, 0.15) is 87.5 Å². The molecule has 0 aromatic carbocycles. The van der Waals surface area contributed by atoms with Gasteiger partial charge in [0.1, 0.15) is 18.3 Å². The van der Waals surface area contributed by atoms with Crippen LogP contribution in [-0.4, -0.2) is 70.2 Å². The van der Waals surface area contributed by atoms with E-state index in [4.69, 9.17) is 19.3 Å². The molecule has 7 atom stereocenters. The zero-order valence-corrected chi connectivity index (χ0v) is 24.0. The largest absolute Gasteiger partial charge is 0.481 e. The number of aliphatic hydroxyl groups excluding tert-OH is 2. The molecule has 0 saturated heterocycles. The third kappa shape index (κ3) is 7.05. The molecule has 0 heterocycles. The number of carboxylic acids is 1. The number of hydrogen-bond donors (Lipinski definition) is 3. The van der Waals surface area contributed by atoms with Crippen molar-refractivity contribution in [3.05, 3.63) is 0 Å². The zero-order valence-electron chi connectivity index (χ0n) is 24.0. The van der Waals surface area contributed by atoms with Crippen molar-refractivity contribution in [2.75, 3.05) is 13.2 Å². The monoisotopic (exact) mass is 542 g/mol. The lowest BCUT2D eigenvalue weighted by atomic mass is 9.65. The summed E-state index contributed by atoms with van der Waals surface area (Å²) >= 11 is 0. The molecule has 0 aliphatic heterocycles. The molecular weight excluding hydrogens is 496 g/mol. The van der Waals surface area contributed by atoms with Gasteiger partial charge in [0.25, 0.3) is 0 Å². The second kappa shape index (κ2) is 11.5. The molecule has 38 heavy (non-hydrogen) atoms. The number of esters is 3. The van der Waals surface area contributed by atoms with Gasteiger partial charge in [-0.05, 0) is 86.5 Å². The second-order valence-electron chi connectivity index (χ2n) is 13.3. The summed E-state index contributed by atoms with van der Waals surface area (Å²) < 4.78 is 16.6. The molecule has 218 valence electrons. The summed E-state index contributed by atoms with van der Waals surface area (Å²) in [6, 6.07) is 0. The Morgan fingerprint density at radius 3 is 1.97 bits per heavy atom. The molecule has 7 unspecified atom stereocenters. The average Bonchev–Trinajstić information content (AvgIpc) is 3.35. The van der Waals surface area contributed by atoms with Crippen molar-refractivity contribution in [1.29, 1.82) is 0 Å². The predicted octanol–water partition coefficient (Wildman–Crippen LogP) is 3.11. The first-order chi connectivity index (χ1) is 17.3. The summed E-state index contributed by atoms with van der Waals surface area (Å²) in [7, 11) is 0. The first kappa shape index (κ1) is 32.0. The molecule has 0 spiro atoms. The number of carbonyl (C=O) groups excluding carboxylic acids is 3. The SMILES string of the molecule is CCC(C)(CC(C)(CC(C)(C)C(=O)OC1C(O)C2CC(C(=O)OC(C)(C)C)C1C2)C(=O)OCCO)C(=O)O. The Bertz CT molecular complexity index is 906. The normalized spacial score (nSPS) is 28.2. The van der Waals surface area contributed by atoms with Crippen LogP contribution < -0.4 is 0 Å². The van der Waals surface area contributed by atoms with Gasteiger partial charge in [-0.3, -0.25) is 19.2 Å². The summed E-state index contributed by atoms with van der Waals surface area (Å²) in [4.78, 5) is 51.4. The molecule has 0 aromatic rings. The number of fused-ring (bicyclic) bond motifs is 2. The molecule has 2 aliphatic rings. The van der Waals surface area contributed by atoms with Crippen molar-refractivity contribution in [1.82, 2.24) is 0 Å². The summed E-state index contributed by atoms with van der Waals surface area (Å²) in [5.74, 6) is -3.85. The fourth-order valence-corrected chi connectivity index (χ4v) is 6.14. The molecule has 2 saturated carbocycles. The van der Waals surface area contributed by atoms with Gasteiger partial charge in [0.15, 0.2) is 0 Å². The minimum absolute atomic E-state index is 0.0850. The van der Waals surface area contributed by atoms with Gasteiger partial charge >= 0.3 is 23.9 Å². The van der Waals surface area contributed by atoms with E-state index in [1.54, 1.807) is 55.4 Å². The Hall–Kier alpha value is -2.20. The number of hydrogen-bond acceptors (Lipinski definition) is 9. The Morgan fingerprint density at radius 1 is 0.895 bits per heavy atom. The molecule has 0 aromatic heterocycles. The average molecular weight is 543 g/mol. The maximum absolute atomic E-state index is 13.5. The van der Waals surface area contributed by atoms with Gasteiger partial charge in [-0.2, -0.15) is 0 Å². The molecule has 0 amide bonds. The van der Waals surface area contributed by atoms with Crippen LogP contribution in [0.3, 0.4) is 0 Å². The molecule has 2 rings (SSSR count). The predicted molar refractivity (Wildman–Crippen MR) is 137 cm³/mol. The van der Waals surface area contributed by atoms with Crippen LogP contribution in [0.15, 0.2) is 0 Å². The number of aliphatic hydroxyl groups is 2. The van der Waals surface area contributed by atoms with Crippen LogP contribution in [-0.2, 0) is 33.4 Å². The summed E-state index contributed by atoms with van der Waals surface area (Å²) in [6.07, 6.45) is -0.706. The number of ether oxygens (including phenoxy) is 3. The van der Waals surface area contributed by atoms with E-state index >= 15 is 0 Å². The number of rotatable bonds is 12. The Balaban J connectivity index is 2.24. The van der Waals surface area contributed by atoms with Gasteiger partial charge in [-0.25, -0.2) is 0 Å². The van der Waals surface area contributed by atoms with E-state index in [2.05, 4.69) is 0 Å². The molecule has 2 bridgehead atoms. The first-order valence-electron chi connectivity index (χ1n) is 13.4. The number of aliphatic carboxylic acids is 1. The third-order valence-corrected chi connectivity index (χ3v) is 8.12.